The average molecular weight is 560 g/mol. The lowest BCUT2D eigenvalue weighted by Gasteiger charge is -2.21. The predicted octanol–water partition coefficient (Wildman–Crippen LogP) is 6.79. The van der Waals surface area contributed by atoms with Gasteiger partial charge in [-0.15, -0.1) is 0 Å². The highest BCUT2D eigenvalue weighted by atomic mass is 19.4. The quantitative estimate of drug-likeness (QED) is 0.148. The van der Waals surface area contributed by atoms with Crippen molar-refractivity contribution in [3.8, 4) is 11.3 Å². The monoisotopic (exact) mass is 559 g/mol. The average Bonchev–Trinajstić information content (AvgIpc) is 2.94. The van der Waals surface area contributed by atoms with Gasteiger partial charge in [0.15, 0.2) is 5.69 Å². The molecule has 1 atom stereocenters. The van der Waals surface area contributed by atoms with E-state index in [9.17, 15) is 31.4 Å². The molecule has 0 aliphatic rings. The van der Waals surface area contributed by atoms with Gasteiger partial charge in [-0.05, 0) is 29.3 Å². The van der Waals surface area contributed by atoms with Crippen molar-refractivity contribution in [2.75, 3.05) is 19.6 Å². The number of aromatic nitrogens is 1. The van der Waals surface area contributed by atoms with Gasteiger partial charge in [-0.3, -0.25) is 0 Å². The van der Waals surface area contributed by atoms with Crippen LogP contribution in [-0.4, -0.2) is 29.7 Å². The van der Waals surface area contributed by atoms with Gasteiger partial charge in [-0.1, -0.05) is 78.9 Å². The van der Waals surface area contributed by atoms with Crippen LogP contribution in [0.4, 0.5) is 26.3 Å². The zero-order chi connectivity index (χ0) is 28.8. The number of hydrogen-bond donors (Lipinski definition) is 3. The summed E-state index contributed by atoms with van der Waals surface area (Å²) in [5.74, 6) is 0. The molecule has 0 aliphatic heterocycles. The van der Waals surface area contributed by atoms with Crippen LogP contribution in [0.1, 0.15) is 40.1 Å². The van der Waals surface area contributed by atoms with E-state index < -0.39 is 35.3 Å². The fourth-order valence-corrected chi connectivity index (χ4v) is 4.33. The number of benzene rings is 3. The van der Waals surface area contributed by atoms with E-state index in [-0.39, 0.29) is 23.8 Å². The summed E-state index contributed by atoms with van der Waals surface area (Å²) in [7, 11) is 0. The molecular weight excluding hydrogens is 532 g/mol. The number of pyridine rings is 1. The van der Waals surface area contributed by atoms with E-state index in [1.54, 1.807) is 0 Å². The SMILES string of the molecule is OC(CNCCNC(c1ccccc1)c1ccccc1)c1ccc(-c2ccc(C(F)(F)F)cc2)nc1C(F)(F)F. The molecule has 0 fully saturated rings. The van der Waals surface area contributed by atoms with Crippen molar-refractivity contribution in [1.29, 1.82) is 0 Å². The van der Waals surface area contributed by atoms with Gasteiger partial charge in [-0.25, -0.2) is 4.98 Å². The first-order valence-electron chi connectivity index (χ1n) is 12.5. The lowest BCUT2D eigenvalue weighted by molar-refractivity contribution is -0.142. The van der Waals surface area contributed by atoms with Gasteiger partial charge < -0.3 is 15.7 Å². The summed E-state index contributed by atoms with van der Waals surface area (Å²) >= 11 is 0. The molecule has 4 nitrogen and oxygen atoms in total. The van der Waals surface area contributed by atoms with Gasteiger partial charge in [0, 0.05) is 30.8 Å². The van der Waals surface area contributed by atoms with Gasteiger partial charge in [-0.2, -0.15) is 26.3 Å². The molecule has 10 heteroatoms. The fourth-order valence-electron chi connectivity index (χ4n) is 4.33. The van der Waals surface area contributed by atoms with E-state index in [4.69, 9.17) is 0 Å². The first kappa shape index (κ1) is 29.3. The van der Waals surface area contributed by atoms with E-state index in [1.807, 2.05) is 60.7 Å². The second kappa shape index (κ2) is 12.6. The van der Waals surface area contributed by atoms with Gasteiger partial charge in [0.25, 0.3) is 0 Å². The van der Waals surface area contributed by atoms with Crippen LogP contribution in [0.2, 0.25) is 0 Å². The van der Waals surface area contributed by atoms with Crippen molar-refractivity contribution in [1.82, 2.24) is 15.6 Å². The minimum absolute atomic E-state index is 0.0899. The van der Waals surface area contributed by atoms with Crippen LogP contribution < -0.4 is 10.6 Å². The molecule has 210 valence electrons. The molecule has 4 aromatic rings. The Labute approximate surface area is 227 Å². The van der Waals surface area contributed by atoms with E-state index in [0.717, 1.165) is 41.5 Å². The maximum atomic E-state index is 13.8. The van der Waals surface area contributed by atoms with E-state index in [2.05, 4.69) is 15.6 Å². The molecule has 0 saturated carbocycles. The van der Waals surface area contributed by atoms with Crippen molar-refractivity contribution in [3.63, 3.8) is 0 Å². The minimum Gasteiger partial charge on any atom is -0.387 e. The van der Waals surface area contributed by atoms with Gasteiger partial charge in [0.05, 0.1) is 23.4 Å². The number of hydrogen-bond acceptors (Lipinski definition) is 4. The first-order valence-corrected chi connectivity index (χ1v) is 12.5. The Hall–Kier alpha value is -3.73. The maximum Gasteiger partial charge on any atom is 0.433 e. The summed E-state index contributed by atoms with van der Waals surface area (Å²) in [6, 6.07) is 25.6. The number of alkyl halides is 6. The Kier molecular flexibility index (Phi) is 9.24. The number of rotatable bonds is 10. The number of aliphatic hydroxyl groups is 1. The van der Waals surface area contributed by atoms with Crippen LogP contribution in [0.3, 0.4) is 0 Å². The summed E-state index contributed by atoms with van der Waals surface area (Å²) in [5.41, 5.74) is -0.568. The Morgan fingerprint density at radius 1 is 0.675 bits per heavy atom. The van der Waals surface area contributed by atoms with Gasteiger partial charge >= 0.3 is 12.4 Å². The normalized spacial score (nSPS) is 13.0. The summed E-state index contributed by atoms with van der Waals surface area (Å²) in [4.78, 5) is 3.66. The molecule has 0 spiro atoms. The second-order valence-electron chi connectivity index (χ2n) is 9.14. The van der Waals surface area contributed by atoms with Crippen LogP contribution in [0.25, 0.3) is 11.3 Å². The Bertz CT molecular complexity index is 1320. The summed E-state index contributed by atoms with van der Waals surface area (Å²) < 4.78 is 80.0. The third kappa shape index (κ3) is 7.47. The van der Waals surface area contributed by atoms with Crippen LogP contribution >= 0.6 is 0 Å². The molecule has 3 aromatic carbocycles. The number of nitrogens with zero attached hydrogens (tertiary/aromatic N) is 1. The molecule has 1 unspecified atom stereocenters. The van der Waals surface area contributed by atoms with Crippen LogP contribution in [0.15, 0.2) is 97.1 Å². The highest BCUT2D eigenvalue weighted by molar-refractivity contribution is 5.60. The van der Waals surface area contributed by atoms with E-state index >= 15 is 0 Å². The molecule has 3 N–H and O–H groups in total. The lowest BCUT2D eigenvalue weighted by atomic mass is 9.99. The topological polar surface area (TPSA) is 57.2 Å². The largest absolute Gasteiger partial charge is 0.433 e. The van der Waals surface area contributed by atoms with Gasteiger partial charge in [0.2, 0.25) is 0 Å². The number of halogens is 6. The van der Waals surface area contributed by atoms with E-state index in [0.29, 0.717) is 13.1 Å². The highest BCUT2D eigenvalue weighted by Gasteiger charge is 2.37. The molecule has 0 radical (unpaired) electrons. The first-order chi connectivity index (χ1) is 19.0. The number of aliphatic hydroxyl groups excluding tert-OH is 1. The van der Waals surface area contributed by atoms with Crippen molar-refractivity contribution < 1.29 is 31.4 Å². The highest BCUT2D eigenvalue weighted by Crippen LogP contribution is 2.36. The fraction of sp³-hybridized carbons (Fsp3) is 0.233. The van der Waals surface area contributed by atoms with Crippen molar-refractivity contribution in [2.45, 2.75) is 24.5 Å². The molecule has 0 aliphatic carbocycles. The maximum absolute atomic E-state index is 13.8. The minimum atomic E-state index is -4.88. The second-order valence-corrected chi connectivity index (χ2v) is 9.14. The molecule has 4 rings (SSSR count). The van der Waals surface area contributed by atoms with Crippen molar-refractivity contribution >= 4 is 0 Å². The Morgan fingerprint density at radius 3 is 1.77 bits per heavy atom. The van der Waals surface area contributed by atoms with Gasteiger partial charge in [0.1, 0.15) is 0 Å². The summed E-state index contributed by atoms with van der Waals surface area (Å²) in [6.07, 6.45) is -11.0. The zero-order valence-electron chi connectivity index (χ0n) is 21.2. The van der Waals surface area contributed by atoms with Crippen LogP contribution in [0.5, 0.6) is 0 Å². The van der Waals surface area contributed by atoms with E-state index in [1.165, 1.54) is 6.07 Å². The molecule has 0 amide bonds. The zero-order valence-corrected chi connectivity index (χ0v) is 21.2. The standard InChI is InChI=1S/C30H27F6N3O/c31-29(32,33)23-13-11-20(12-14-23)25-16-15-24(28(39-25)30(34,35)36)26(40)19-37-17-18-38-27(21-7-3-1-4-8-21)22-9-5-2-6-10-22/h1-16,26-27,37-38,40H,17-19H2. The van der Waals surface area contributed by atoms with Crippen LogP contribution in [0, 0.1) is 0 Å². The lowest BCUT2D eigenvalue weighted by Crippen LogP contribution is -2.33. The molecule has 1 aromatic heterocycles. The smallest absolute Gasteiger partial charge is 0.387 e. The molecular formula is C30H27F6N3O. The Balaban J connectivity index is 1.40. The van der Waals surface area contributed by atoms with Crippen LogP contribution in [-0.2, 0) is 12.4 Å². The van der Waals surface area contributed by atoms with Crippen molar-refractivity contribution in [3.05, 3.63) is 125 Å². The third-order valence-electron chi connectivity index (χ3n) is 6.32. The third-order valence-corrected chi connectivity index (χ3v) is 6.32. The number of nitrogens with one attached hydrogen (secondary N) is 2. The summed E-state index contributed by atoms with van der Waals surface area (Å²) in [6.45, 7) is 0.678. The molecule has 0 bridgehead atoms. The van der Waals surface area contributed by atoms with Crippen molar-refractivity contribution in [2.24, 2.45) is 0 Å². The summed E-state index contributed by atoms with van der Waals surface area (Å²) in [5, 5.41) is 17.0. The molecule has 40 heavy (non-hydrogen) atoms. The predicted molar refractivity (Wildman–Crippen MR) is 140 cm³/mol. The Morgan fingerprint density at radius 2 is 1.25 bits per heavy atom. The molecule has 0 saturated heterocycles. The molecule has 1 heterocycles.